The second-order valence-electron chi connectivity index (χ2n) is 2.27. The van der Waals surface area contributed by atoms with Gasteiger partial charge < -0.3 is 0 Å². The molecule has 1 nitrogen and oxygen atoms in total. The Labute approximate surface area is 71.1 Å². The first-order valence-corrected chi connectivity index (χ1v) is 4.39. The molecule has 0 fully saturated rings. The summed E-state index contributed by atoms with van der Waals surface area (Å²) in [6, 6.07) is 8.01. The summed E-state index contributed by atoms with van der Waals surface area (Å²) in [4.78, 5) is 4.33. The molecule has 0 amide bonds. The van der Waals surface area contributed by atoms with Crippen molar-refractivity contribution in [3.8, 4) is 0 Å². The monoisotopic (exact) mass is 165 g/mol. The van der Waals surface area contributed by atoms with Gasteiger partial charge in [-0.2, -0.15) is 0 Å². The minimum absolute atomic E-state index is 1.05. The Hall–Kier alpha value is -0.890. The Kier molecular flexibility index (Phi) is 3.05. The highest BCUT2D eigenvalue weighted by Crippen LogP contribution is 1.98. The van der Waals surface area contributed by atoms with Crippen molar-refractivity contribution >= 4 is 11.3 Å². The molecule has 2 heteroatoms. The second kappa shape index (κ2) is 4.09. The number of rotatable bonds is 0. The van der Waals surface area contributed by atoms with E-state index in [2.05, 4.69) is 4.98 Å². The topological polar surface area (TPSA) is 12.9 Å². The molecule has 0 radical (unpaired) electrons. The average Bonchev–Trinajstić information content (AvgIpc) is 2.02. The van der Waals surface area contributed by atoms with Crippen molar-refractivity contribution in [1.82, 2.24) is 4.98 Å². The molecule has 1 aromatic rings. The Bertz CT molecular complexity index is 250. The first kappa shape index (κ1) is 8.21. The summed E-state index contributed by atoms with van der Waals surface area (Å²) >= 11 is 1.65. The molecular formula is C9H11NS. The molecule has 0 bridgehead atoms. The first-order chi connectivity index (χ1) is 5.29. The number of hydrogen-bond acceptors (Lipinski definition) is 2. The lowest BCUT2D eigenvalue weighted by atomic mass is 10.4. The zero-order valence-electron chi connectivity index (χ0n) is 6.74. The average molecular weight is 165 g/mol. The van der Waals surface area contributed by atoms with Crippen molar-refractivity contribution in [3.63, 3.8) is 0 Å². The van der Waals surface area contributed by atoms with E-state index >= 15 is 0 Å². The first-order valence-electron chi connectivity index (χ1n) is 3.51. The molecule has 0 aliphatic heterocycles. The van der Waals surface area contributed by atoms with Gasteiger partial charge in [-0.05, 0) is 25.3 Å². The summed E-state index contributed by atoms with van der Waals surface area (Å²) in [5.74, 6) is 0. The lowest BCUT2D eigenvalue weighted by molar-refractivity contribution is 1.18. The third-order valence-corrected chi connectivity index (χ3v) is 1.94. The summed E-state index contributed by atoms with van der Waals surface area (Å²) in [6.07, 6.45) is 0. The third kappa shape index (κ3) is 3.14. The minimum Gasteiger partial charge on any atom is -0.248 e. The highest BCUT2D eigenvalue weighted by Gasteiger charge is 1.79. The molecule has 0 aliphatic carbocycles. The maximum absolute atomic E-state index is 4.33. The van der Waals surface area contributed by atoms with Gasteiger partial charge in [-0.3, -0.25) is 0 Å². The smallest absolute Gasteiger partial charge is 0.0896 e. The Morgan fingerprint density at radius 1 is 1.18 bits per heavy atom. The maximum Gasteiger partial charge on any atom is 0.0896 e. The van der Waals surface area contributed by atoms with Crippen LogP contribution in [0.1, 0.15) is 10.7 Å². The summed E-state index contributed by atoms with van der Waals surface area (Å²) in [6.45, 7) is 4.01. The van der Waals surface area contributed by atoms with E-state index in [4.69, 9.17) is 0 Å². The lowest BCUT2D eigenvalue weighted by Crippen LogP contribution is -1.74. The molecule has 0 aliphatic rings. The van der Waals surface area contributed by atoms with Crippen LogP contribution in [0.4, 0.5) is 0 Å². The largest absolute Gasteiger partial charge is 0.248 e. The molecule has 11 heavy (non-hydrogen) atoms. The molecule has 1 rings (SSSR count). The number of nitrogens with zero attached hydrogens (tertiary/aromatic N) is 1. The number of aromatic nitrogens is 1. The van der Waals surface area contributed by atoms with Crippen molar-refractivity contribution in [1.29, 1.82) is 0 Å². The van der Waals surface area contributed by atoms with E-state index in [1.165, 1.54) is 0 Å². The summed E-state index contributed by atoms with van der Waals surface area (Å²) < 4.78 is 0. The van der Waals surface area contributed by atoms with Gasteiger partial charge in [-0.1, -0.05) is 18.2 Å². The maximum atomic E-state index is 4.33. The fourth-order valence-electron chi connectivity index (χ4n) is 0.754. The standard InChI is InChI=1S/C9H11NS/c1-8-6-4-3-5-7-11-9(2)10-8/h3-7H,1-2H3. The molecule has 1 heterocycles. The van der Waals surface area contributed by atoms with Crippen molar-refractivity contribution < 1.29 is 0 Å². The molecule has 0 spiro atoms. The fraction of sp³-hybridized carbons (Fsp3) is 0.222. The van der Waals surface area contributed by atoms with Gasteiger partial charge in [-0.15, -0.1) is 11.3 Å². The van der Waals surface area contributed by atoms with Gasteiger partial charge in [0.2, 0.25) is 0 Å². The highest BCUT2D eigenvalue weighted by atomic mass is 32.1. The molecule has 0 aromatic carbocycles. The Morgan fingerprint density at radius 3 is 2.82 bits per heavy atom. The van der Waals surface area contributed by atoms with Crippen molar-refractivity contribution in [3.05, 3.63) is 40.3 Å². The SMILES string of the molecule is Cc1cccccsc(C)n1. The van der Waals surface area contributed by atoms with Gasteiger partial charge >= 0.3 is 0 Å². The highest BCUT2D eigenvalue weighted by molar-refractivity contribution is 7.09. The van der Waals surface area contributed by atoms with Crippen LogP contribution in [0.2, 0.25) is 0 Å². The number of aryl methyl sites for hydroxylation is 2. The van der Waals surface area contributed by atoms with Crippen LogP contribution in [0.15, 0.2) is 29.6 Å². The second-order valence-corrected chi connectivity index (χ2v) is 3.37. The molecule has 0 unspecified atom stereocenters. The normalized spacial score (nSPS) is 8.91. The van der Waals surface area contributed by atoms with Gasteiger partial charge in [0.05, 0.1) is 5.01 Å². The quantitative estimate of drug-likeness (QED) is 0.576. The van der Waals surface area contributed by atoms with E-state index in [-0.39, 0.29) is 0 Å². The molecular weight excluding hydrogens is 154 g/mol. The van der Waals surface area contributed by atoms with Crippen LogP contribution in [0, 0.1) is 13.8 Å². The van der Waals surface area contributed by atoms with Crippen molar-refractivity contribution in [2.45, 2.75) is 13.8 Å². The van der Waals surface area contributed by atoms with E-state index in [1.807, 2.05) is 43.5 Å². The molecule has 0 atom stereocenters. The van der Waals surface area contributed by atoms with Crippen molar-refractivity contribution in [2.24, 2.45) is 0 Å². The van der Waals surface area contributed by atoms with Gasteiger partial charge in [0.15, 0.2) is 0 Å². The van der Waals surface area contributed by atoms with E-state index < -0.39 is 0 Å². The molecule has 0 N–H and O–H groups in total. The van der Waals surface area contributed by atoms with Gasteiger partial charge in [0.1, 0.15) is 0 Å². The third-order valence-electron chi connectivity index (χ3n) is 1.21. The van der Waals surface area contributed by atoms with E-state index in [9.17, 15) is 0 Å². The van der Waals surface area contributed by atoms with Crippen LogP contribution < -0.4 is 0 Å². The predicted octanol–water partition coefficient (Wildman–Crippen LogP) is 2.88. The van der Waals surface area contributed by atoms with Crippen LogP contribution in [0.3, 0.4) is 0 Å². The summed E-state index contributed by atoms with van der Waals surface area (Å²) in [5.41, 5.74) is 1.05. The van der Waals surface area contributed by atoms with Crippen LogP contribution in [-0.2, 0) is 0 Å². The van der Waals surface area contributed by atoms with Gasteiger partial charge in [-0.25, -0.2) is 4.98 Å². The van der Waals surface area contributed by atoms with Crippen LogP contribution >= 0.6 is 11.3 Å². The van der Waals surface area contributed by atoms with E-state index in [1.54, 1.807) is 11.3 Å². The Balaban J connectivity index is 3.25. The zero-order valence-corrected chi connectivity index (χ0v) is 7.56. The van der Waals surface area contributed by atoms with Gasteiger partial charge in [0.25, 0.3) is 0 Å². The lowest BCUT2D eigenvalue weighted by Gasteiger charge is -1.83. The molecule has 1 aromatic heterocycles. The summed E-state index contributed by atoms with van der Waals surface area (Å²) in [5, 5.41) is 3.11. The van der Waals surface area contributed by atoms with Crippen LogP contribution in [0.25, 0.3) is 0 Å². The Morgan fingerprint density at radius 2 is 2.00 bits per heavy atom. The molecule has 58 valence electrons. The zero-order chi connectivity index (χ0) is 8.10. The van der Waals surface area contributed by atoms with Gasteiger partial charge in [0, 0.05) is 5.69 Å². The molecule has 0 saturated heterocycles. The molecule has 0 saturated carbocycles. The van der Waals surface area contributed by atoms with E-state index in [0.717, 1.165) is 10.7 Å². The fourth-order valence-corrected chi connectivity index (χ4v) is 1.32. The minimum atomic E-state index is 1.05. The predicted molar refractivity (Wildman–Crippen MR) is 49.2 cm³/mol. The van der Waals surface area contributed by atoms with Crippen LogP contribution in [-0.4, -0.2) is 4.98 Å². The summed E-state index contributed by atoms with van der Waals surface area (Å²) in [7, 11) is 0. The number of hydrogen-bond donors (Lipinski definition) is 0. The van der Waals surface area contributed by atoms with Crippen LogP contribution in [0.5, 0.6) is 0 Å². The van der Waals surface area contributed by atoms with Crippen molar-refractivity contribution in [2.75, 3.05) is 0 Å². The van der Waals surface area contributed by atoms with E-state index in [0.29, 0.717) is 0 Å².